The van der Waals surface area contributed by atoms with Gasteiger partial charge >= 0.3 is 6.15 Å². The second-order valence-corrected chi connectivity index (χ2v) is 8.60. The number of halogens is 1. The van der Waals surface area contributed by atoms with Gasteiger partial charge in [-0.25, -0.2) is 0 Å². The van der Waals surface area contributed by atoms with Gasteiger partial charge in [0.1, 0.15) is 0 Å². The van der Waals surface area contributed by atoms with Crippen LogP contribution in [0.5, 0.6) is 0 Å². The molecule has 160 valence electrons. The predicted molar refractivity (Wildman–Crippen MR) is 124 cm³/mol. The molecule has 1 amide bonds. The van der Waals surface area contributed by atoms with Crippen molar-refractivity contribution in [2.45, 2.75) is 39.0 Å². The fourth-order valence-electron chi connectivity index (χ4n) is 3.07. The zero-order valence-corrected chi connectivity index (χ0v) is 18.7. The molecule has 0 saturated heterocycles. The Balaban J connectivity index is 0.00000107. The fourth-order valence-corrected chi connectivity index (χ4v) is 3.26. The molecule has 0 atom stereocenters. The van der Waals surface area contributed by atoms with Crippen molar-refractivity contribution in [2.24, 2.45) is 0 Å². The monoisotopic (exact) mass is 435 g/mol. The Morgan fingerprint density at radius 3 is 1.97 bits per heavy atom. The molecule has 0 aliphatic heterocycles. The molecular weight excluding hydrogens is 410 g/mol. The number of hydrogen-bond donors (Lipinski definition) is 1. The van der Waals surface area contributed by atoms with Gasteiger partial charge < -0.3 is 5.32 Å². The molecule has 3 rings (SSSR count). The van der Waals surface area contributed by atoms with E-state index in [1.807, 2.05) is 12.1 Å². The number of carbonyl (C=O) groups excluding carboxylic acids is 3. The van der Waals surface area contributed by atoms with Crippen molar-refractivity contribution in [1.82, 2.24) is 0 Å². The molecule has 31 heavy (non-hydrogen) atoms. The molecule has 0 aliphatic carbocycles. The Morgan fingerprint density at radius 2 is 1.45 bits per heavy atom. The van der Waals surface area contributed by atoms with Gasteiger partial charge in [0, 0.05) is 17.1 Å². The van der Waals surface area contributed by atoms with Crippen molar-refractivity contribution in [1.29, 1.82) is 0 Å². The van der Waals surface area contributed by atoms with Crippen molar-refractivity contribution in [3.05, 3.63) is 88.9 Å². The van der Waals surface area contributed by atoms with Gasteiger partial charge in [0.25, 0.3) is 0 Å². The Bertz CT molecular complexity index is 1030. The fraction of sp³-hybridized carbons (Fsp3) is 0.231. The summed E-state index contributed by atoms with van der Waals surface area (Å²) in [5.41, 5.74) is 5.76. The van der Waals surface area contributed by atoms with Crippen molar-refractivity contribution in [3.8, 4) is 11.1 Å². The van der Waals surface area contributed by atoms with Gasteiger partial charge in [0.05, 0.1) is 0 Å². The van der Waals surface area contributed by atoms with Crippen LogP contribution in [0.3, 0.4) is 0 Å². The van der Waals surface area contributed by atoms with Gasteiger partial charge in [-0.05, 0) is 52.3 Å². The normalized spacial score (nSPS) is 10.5. The van der Waals surface area contributed by atoms with E-state index in [4.69, 9.17) is 21.2 Å². The molecule has 0 fully saturated rings. The Kier molecular flexibility index (Phi) is 8.75. The van der Waals surface area contributed by atoms with E-state index in [-0.39, 0.29) is 17.5 Å². The maximum Gasteiger partial charge on any atom is 0.373 e. The van der Waals surface area contributed by atoms with Crippen molar-refractivity contribution < 1.29 is 14.4 Å². The zero-order valence-electron chi connectivity index (χ0n) is 17.9. The summed E-state index contributed by atoms with van der Waals surface area (Å²) in [5, 5.41) is 3.50. The summed E-state index contributed by atoms with van der Waals surface area (Å²) in [6, 6.07) is 24.4. The second kappa shape index (κ2) is 11.3. The number of nitrogens with one attached hydrogen (secondary N) is 1. The minimum Gasteiger partial charge on any atom is -0.326 e. The van der Waals surface area contributed by atoms with Crippen LogP contribution in [0.15, 0.2) is 72.8 Å². The van der Waals surface area contributed by atoms with E-state index in [1.165, 1.54) is 16.7 Å². The van der Waals surface area contributed by atoms with E-state index in [2.05, 4.69) is 74.6 Å². The van der Waals surface area contributed by atoms with E-state index in [0.29, 0.717) is 17.9 Å². The molecule has 0 spiro atoms. The van der Waals surface area contributed by atoms with Crippen LogP contribution in [0.4, 0.5) is 5.69 Å². The van der Waals surface area contributed by atoms with Gasteiger partial charge in [0.15, 0.2) is 0 Å². The zero-order chi connectivity index (χ0) is 22.9. The lowest BCUT2D eigenvalue weighted by atomic mass is 9.86. The van der Waals surface area contributed by atoms with E-state index in [9.17, 15) is 4.79 Å². The molecule has 5 heteroatoms. The molecule has 3 aromatic rings. The van der Waals surface area contributed by atoms with E-state index in [0.717, 1.165) is 11.3 Å². The summed E-state index contributed by atoms with van der Waals surface area (Å²) in [4.78, 5) is 28.4. The van der Waals surface area contributed by atoms with Crippen LogP contribution in [0.1, 0.15) is 38.3 Å². The average molecular weight is 436 g/mol. The van der Waals surface area contributed by atoms with E-state index in [1.54, 1.807) is 12.1 Å². The van der Waals surface area contributed by atoms with Gasteiger partial charge in [0.2, 0.25) is 5.91 Å². The molecule has 0 saturated carbocycles. The molecular formula is C26H26ClNO3. The summed E-state index contributed by atoms with van der Waals surface area (Å²) < 4.78 is 0. The topological polar surface area (TPSA) is 63.2 Å². The van der Waals surface area contributed by atoms with Crippen LogP contribution in [0, 0.1) is 0 Å². The van der Waals surface area contributed by atoms with E-state index < -0.39 is 0 Å². The van der Waals surface area contributed by atoms with Crippen LogP contribution in [-0.4, -0.2) is 12.1 Å². The van der Waals surface area contributed by atoms with Crippen LogP contribution in [0.2, 0.25) is 5.02 Å². The third kappa shape index (κ3) is 7.86. The molecule has 0 unspecified atom stereocenters. The summed E-state index contributed by atoms with van der Waals surface area (Å²) in [6.45, 7) is 6.66. The molecule has 1 N–H and O–H groups in total. The SMILES string of the molecule is CC(C)(C)c1ccc(-c2ccc(CCC(=O)Nc3cccc(Cl)c3)cc2)cc1.O=C=O. The molecule has 0 aromatic heterocycles. The first-order valence-electron chi connectivity index (χ1n) is 9.97. The van der Waals surface area contributed by atoms with Crippen molar-refractivity contribution in [2.75, 3.05) is 5.32 Å². The third-order valence-corrected chi connectivity index (χ3v) is 5.02. The van der Waals surface area contributed by atoms with Crippen molar-refractivity contribution >= 4 is 29.3 Å². The Hall–Kier alpha value is -3.20. The van der Waals surface area contributed by atoms with Gasteiger partial charge in [-0.3, -0.25) is 4.79 Å². The quantitative estimate of drug-likeness (QED) is 0.512. The predicted octanol–water partition coefficient (Wildman–Crippen LogP) is 6.29. The maximum atomic E-state index is 12.1. The van der Waals surface area contributed by atoms with E-state index >= 15 is 0 Å². The lowest BCUT2D eigenvalue weighted by Gasteiger charge is -2.19. The minimum absolute atomic E-state index is 0.0101. The number of anilines is 1. The molecule has 0 heterocycles. The van der Waals surface area contributed by atoms with Crippen LogP contribution in [0.25, 0.3) is 11.1 Å². The highest BCUT2D eigenvalue weighted by atomic mass is 35.5. The molecule has 0 bridgehead atoms. The third-order valence-electron chi connectivity index (χ3n) is 4.79. The minimum atomic E-state index is -0.0101. The molecule has 3 aromatic carbocycles. The second-order valence-electron chi connectivity index (χ2n) is 8.17. The number of carbonyl (C=O) groups is 1. The van der Waals surface area contributed by atoms with Gasteiger partial charge in [-0.2, -0.15) is 9.59 Å². The first-order chi connectivity index (χ1) is 14.7. The molecule has 4 nitrogen and oxygen atoms in total. The van der Waals surface area contributed by atoms with Crippen LogP contribution >= 0.6 is 11.6 Å². The number of amides is 1. The first kappa shape index (κ1) is 24.1. The highest BCUT2D eigenvalue weighted by Crippen LogP contribution is 2.26. The summed E-state index contributed by atoms with van der Waals surface area (Å²) in [5.74, 6) is -0.0101. The largest absolute Gasteiger partial charge is 0.373 e. The number of rotatable bonds is 5. The summed E-state index contributed by atoms with van der Waals surface area (Å²) >= 11 is 5.95. The number of aryl methyl sites for hydroxylation is 1. The molecule has 0 aliphatic rings. The Labute approximate surface area is 188 Å². The lowest BCUT2D eigenvalue weighted by molar-refractivity contribution is -0.191. The lowest BCUT2D eigenvalue weighted by Crippen LogP contribution is -2.12. The summed E-state index contributed by atoms with van der Waals surface area (Å²) in [7, 11) is 0. The van der Waals surface area contributed by atoms with Crippen LogP contribution in [-0.2, 0) is 26.2 Å². The first-order valence-corrected chi connectivity index (χ1v) is 10.4. The van der Waals surface area contributed by atoms with Gasteiger partial charge in [-0.1, -0.05) is 87.0 Å². The number of hydrogen-bond acceptors (Lipinski definition) is 3. The summed E-state index contributed by atoms with van der Waals surface area (Å²) in [6.07, 6.45) is 1.39. The maximum absolute atomic E-state index is 12.1. The number of benzene rings is 3. The molecule has 0 radical (unpaired) electrons. The van der Waals surface area contributed by atoms with Crippen molar-refractivity contribution in [3.63, 3.8) is 0 Å². The van der Waals surface area contributed by atoms with Gasteiger partial charge in [-0.15, -0.1) is 0 Å². The van der Waals surface area contributed by atoms with Crippen LogP contribution < -0.4 is 5.32 Å². The highest BCUT2D eigenvalue weighted by molar-refractivity contribution is 6.30. The Morgan fingerprint density at radius 1 is 0.903 bits per heavy atom. The standard InChI is InChI=1S/C25H26ClNO.CO2/c1-25(2,3)21-14-12-20(13-15-21)19-10-7-18(8-11-19)9-16-24(28)27-23-6-4-5-22(26)17-23;2-1-3/h4-8,10-15,17H,9,16H2,1-3H3,(H,27,28);. The highest BCUT2D eigenvalue weighted by Gasteiger charge is 2.13. The smallest absolute Gasteiger partial charge is 0.326 e. The average Bonchev–Trinajstić information content (AvgIpc) is 2.73.